The molecule has 1 atom stereocenters. The number of aryl methyl sites for hydroxylation is 2. The van der Waals surface area contributed by atoms with Gasteiger partial charge in [-0.15, -0.1) is 0 Å². The van der Waals surface area contributed by atoms with Gasteiger partial charge in [0.1, 0.15) is 0 Å². The molecular weight excluding hydrogens is 316 g/mol. The first-order valence-electron chi connectivity index (χ1n) is 9.84. The third-order valence-electron chi connectivity index (χ3n) is 5.18. The van der Waals surface area contributed by atoms with E-state index in [1.165, 1.54) is 19.3 Å². The van der Waals surface area contributed by atoms with Gasteiger partial charge in [-0.1, -0.05) is 13.3 Å². The monoisotopic (exact) mass is 348 g/mol. The maximum atomic E-state index is 13.0. The molecule has 1 amide bonds. The summed E-state index contributed by atoms with van der Waals surface area (Å²) >= 11 is 0. The molecule has 1 unspecified atom stereocenters. The lowest BCUT2D eigenvalue weighted by molar-refractivity contribution is 0.0216. The van der Waals surface area contributed by atoms with Crippen LogP contribution in [0.1, 0.15) is 55.1 Å². The molecule has 0 spiro atoms. The first-order valence-corrected chi connectivity index (χ1v) is 9.84. The Kier molecular flexibility index (Phi) is 6.48. The van der Waals surface area contributed by atoms with Crippen LogP contribution in [0.25, 0.3) is 0 Å². The second kappa shape index (κ2) is 8.81. The topological polar surface area (TPSA) is 50.6 Å². The molecule has 1 aromatic rings. The Morgan fingerprint density at radius 1 is 1.24 bits per heavy atom. The Labute approximate surface area is 151 Å². The van der Waals surface area contributed by atoms with Crippen molar-refractivity contribution in [3.8, 4) is 0 Å². The highest BCUT2D eigenvalue weighted by molar-refractivity contribution is 5.95. The fourth-order valence-corrected chi connectivity index (χ4v) is 3.86. The molecule has 3 rings (SSSR count). The van der Waals surface area contributed by atoms with Crippen LogP contribution in [0.5, 0.6) is 0 Å². The number of piperidine rings is 1. The summed E-state index contributed by atoms with van der Waals surface area (Å²) in [6, 6.07) is 0. The second-order valence-electron chi connectivity index (χ2n) is 7.35. The molecule has 2 aliphatic heterocycles. The predicted octanol–water partition coefficient (Wildman–Crippen LogP) is 2.32. The Morgan fingerprint density at radius 3 is 2.80 bits per heavy atom. The van der Waals surface area contributed by atoms with E-state index in [9.17, 15) is 4.79 Å². The molecule has 2 saturated heterocycles. The molecule has 6 nitrogen and oxygen atoms in total. The normalized spacial score (nSPS) is 22.8. The molecule has 2 fully saturated rings. The van der Waals surface area contributed by atoms with Gasteiger partial charge in [-0.2, -0.15) is 5.10 Å². The molecule has 3 heterocycles. The van der Waals surface area contributed by atoms with E-state index in [0.717, 1.165) is 63.4 Å². The average molecular weight is 348 g/mol. The van der Waals surface area contributed by atoms with Gasteiger partial charge in [-0.3, -0.25) is 9.48 Å². The molecular formula is C19H32N4O2. The van der Waals surface area contributed by atoms with Gasteiger partial charge >= 0.3 is 0 Å². The zero-order valence-corrected chi connectivity index (χ0v) is 15.7. The fourth-order valence-electron chi connectivity index (χ4n) is 3.86. The third kappa shape index (κ3) is 4.82. The smallest absolute Gasteiger partial charge is 0.257 e. The summed E-state index contributed by atoms with van der Waals surface area (Å²) in [5, 5.41) is 4.48. The lowest BCUT2D eigenvalue weighted by Gasteiger charge is -2.31. The van der Waals surface area contributed by atoms with Crippen molar-refractivity contribution in [1.82, 2.24) is 19.6 Å². The molecule has 0 bridgehead atoms. The highest BCUT2D eigenvalue weighted by Crippen LogP contribution is 2.16. The number of rotatable bonds is 5. The summed E-state index contributed by atoms with van der Waals surface area (Å²) in [6.45, 7) is 10.4. The van der Waals surface area contributed by atoms with Crippen LogP contribution in [0.15, 0.2) is 6.20 Å². The van der Waals surface area contributed by atoms with Crippen LogP contribution in [0.4, 0.5) is 0 Å². The Hall–Kier alpha value is -1.40. The first-order chi connectivity index (χ1) is 12.2. The molecule has 0 N–H and O–H groups in total. The van der Waals surface area contributed by atoms with Crippen molar-refractivity contribution >= 4 is 5.91 Å². The number of hydrogen-bond donors (Lipinski definition) is 0. The average Bonchev–Trinajstić information content (AvgIpc) is 2.82. The fraction of sp³-hybridized carbons (Fsp3) is 0.789. The predicted molar refractivity (Wildman–Crippen MR) is 97.8 cm³/mol. The van der Waals surface area contributed by atoms with E-state index in [2.05, 4.69) is 16.9 Å². The number of carbonyl (C=O) groups excluding carboxylic acids is 1. The molecule has 0 radical (unpaired) electrons. The number of ether oxygens (including phenoxy) is 1. The number of aromatic nitrogens is 2. The van der Waals surface area contributed by atoms with E-state index in [-0.39, 0.29) is 12.0 Å². The van der Waals surface area contributed by atoms with Gasteiger partial charge in [-0.25, -0.2) is 0 Å². The van der Waals surface area contributed by atoms with E-state index in [1.54, 1.807) is 0 Å². The summed E-state index contributed by atoms with van der Waals surface area (Å²) in [5.74, 6) is 0.106. The van der Waals surface area contributed by atoms with Crippen LogP contribution >= 0.6 is 0 Å². The van der Waals surface area contributed by atoms with E-state index < -0.39 is 0 Å². The molecule has 140 valence electrons. The van der Waals surface area contributed by atoms with Gasteiger partial charge in [0.15, 0.2) is 0 Å². The van der Waals surface area contributed by atoms with Crippen LogP contribution in [-0.4, -0.2) is 70.9 Å². The van der Waals surface area contributed by atoms with E-state index in [4.69, 9.17) is 4.74 Å². The zero-order chi connectivity index (χ0) is 17.6. The summed E-state index contributed by atoms with van der Waals surface area (Å²) in [6.07, 6.45) is 7.86. The van der Waals surface area contributed by atoms with E-state index in [1.807, 2.05) is 22.7 Å². The maximum Gasteiger partial charge on any atom is 0.257 e. The molecule has 6 heteroatoms. The van der Waals surface area contributed by atoms with Crippen molar-refractivity contribution in [2.24, 2.45) is 0 Å². The minimum atomic E-state index is 0.106. The lowest BCUT2D eigenvalue weighted by atomic mass is 10.1. The number of likely N-dealkylation sites (tertiary alicyclic amines) is 1. The Bertz CT molecular complexity index is 566. The largest absolute Gasteiger partial charge is 0.375 e. The summed E-state index contributed by atoms with van der Waals surface area (Å²) in [5.41, 5.74) is 1.57. The van der Waals surface area contributed by atoms with Crippen LogP contribution in [0.2, 0.25) is 0 Å². The minimum absolute atomic E-state index is 0.106. The molecule has 0 aromatic carbocycles. The van der Waals surface area contributed by atoms with Crippen molar-refractivity contribution in [1.29, 1.82) is 0 Å². The van der Waals surface area contributed by atoms with E-state index >= 15 is 0 Å². The van der Waals surface area contributed by atoms with Crippen molar-refractivity contribution in [2.45, 2.75) is 58.6 Å². The maximum absolute atomic E-state index is 13.0. The van der Waals surface area contributed by atoms with Crippen molar-refractivity contribution in [2.75, 3.05) is 39.3 Å². The zero-order valence-electron chi connectivity index (χ0n) is 15.7. The number of hydrogen-bond acceptors (Lipinski definition) is 4. The Balaban J connectivity index is 1.64. The number of carbonyl (C=O) groups is 1. The molecule has 0 saturated carbocycles. The summed E-state index contributed by atoms with van der Waals surface area (Å²) in [4.78, 5) is 17.5. The molecule has 1 aromatic heterocycles. The second-order valence-corrected chi connectivity index (χ2v) is 7.35. The van der Waals surface area contributed by atoms with Crippen LogP contribution in [0, 0.1) is 6.92 Å². The van der Waals surface area contributed by atoms with Gasteiger partial charge in [-0.05, 0) is 45.7 Å². The van der Waals surface area contributed by atoms with Crippen molar-refractivity contribution in [3.05, 3.63) is 17.5 Å². The van der Waals surface area contributed by atoms with Crippen LogP contribution in [0.3, 0.4) is 0 Å². The highest BCUT2D eigenvalue weighted by Gasteiger charge is 2.27. The quantitative estimate of drug-likeness (QED) is 0.819. The highest BCUT2D eigenvalue weighted by atomic mass is 16.5. The van der Waals surface area contributed by atoms with E-state index in [0.29, 0.717) is 6.54 Å². The van der Waals surface area contributed by atoms with Crippen LogP contribution in [-0.2, 0) is 11.3 Å². The van der Waals surface area contributed by atoms with Crippen molar-refractivity contribution < 1.29 is 9.53 Å². The summed E-state index contributed by atoms with van der Waals surface area (Å²) < 4.78 is 7.93. The van der Waals surface area contributed by atoms with Crippen molar-refractivity contribution in [3.63, 3.8) is 0 Å². The van der Waals surface area contributed by atoms with Gasteiger partial charge < -0.3 is 14.5 Å². The molecule has 0 aliphatic carbocycles. The number of amides is 1. The standard InChI is InChI=1S/C19H32N4O2/c1-3-8-23-15-18(16(2)20-23)19(24)22-11-7-12-25-17(14-22)13-21-9-5-4-6-10-21/h15,17H,3-14H2,1-2H3. The van der Waals surface area contributed by atoms with Gasteiger partial charge in [0, 0.05) is 39.0 Å². The number of nitrogens with zero attached hydrogens (tertiary/aromatic N) is 4. The van der Waals surface area contributed by atoms with Gasteiger partial charge in [0.05, 0.1) is 17.4 Å². The Morgan fingerprint density at radius 2 is 2.04 bits per heavy atom. The van der Waals surface area contributed by atoms with Gasteiger partial charge in [0.25, 0.3) is 5.91 Å². The molecule has 2 aliphatic rings. The minimum Gasteiger partial charge on any atom is -0.375 e. The van der Waals surface area contributed by atoms with Crippen LogP contribution < -0.4 is 0 Å². The third-order valence-corrected chi connectivity index (χ3v) is 5.18. The lowest BCUT2D eigenvalue weighted by Crippen LogP contribution is -2.43. The first kappa shape index (κ1) is 18.4. The van der Waals surface area contributed by atoms with Gasteiger partial charge in [0.2, 0.25) is 0 Å². The molecule has 25 heavy (non-hydrogen) atoms. The SMILES string of the molecule is CCCn1cc(C(=O)N2CCCOC(CN3CCCCC3)C2)c(C)n1. The summed E-state index contributed by atoms with van der Waals surface area (Å²) in [7, 11) is 0.